The monoisotopic (exact) mass is 437 g/mol. The molecule has 0 atom stereocenters. The average molecular weight is 438 g/mol. The van der Waals surface area contributed by atoms with Crippen LogP contribution < -0.4 is 9.84 Å². The molecule has 166 valence electrons. The van der Waals surface area contributed by atoms with Crippen LogP contribution in [-0.2, 0) is 23.1 Å². The number of carbonyl (C=O) groups excluding carboxylic acids is 1. The number of carboxylic acid groups (broad SMARTS) is 1. The molecule has 1 aliphatic heterocycles. The van der Waals surface area contributed by atoms with Gasteiger partial charge in [0.15, 0.2) is 0 Å². The lowest BCUT2D eigenvalue weighted by Gasteiger charge is -2.42. The Morgan fingerprint density at radius 3 is 2.61 bits per heavy atom. The van der Waals surface area contributed by atoms with Crippen LogP contribution >= 0.6 is 11.3 Å². The van der Waals surface area contributed by atoms with E-state index in [1.165, 1.54) is 41.7 Å². The first-order valence-electron chi connectivity index (χ1n) is 11.3. The summed E-state index contributed by atoms with van der Waals surface area (Å²) >= 11 is 1.42. The van der Waals surface area contributed by atoms with E-state index in [0.29, 0.717) is 0 Å². The molecule has 2 aromatic rings. The Kier molecular flexibility index (Phi) is 7.17. The Morgan fingerprint density at radius 2 is 1.90 bits per heavy atom. The summed E-state index contributed by atoms with van der Waals surface area (Å²) in [5.41, 5.74) is 3.34. The van der Waals surface area contributed by atoms with Crippen molar-refractivity contribution in [2.75, 3.05) is 0 Å². The second-order valence-electron chi connectivity index (χ2n) is 9.80. The zero-order chi connectivity index (χ0) is 22.6. The first-order valence-corrected chi connectivity index (χ1v) is 12.1. The lowest BCUT2D eigenvalue weighted by atomic mass is 9.73. The summed E-state index contributed by atoms with van der Waals surface area (Å²) in [5.74, 6) is 6.58. The fraction of sp³-hybridized carbons (Fsp3) is 0.519. The van der Waals surface area contributed by atoms with E-state index in [2.05, 4.69) is 58.6 Å². The number of carboxylic acids is 1. The number of thiophene rings is 1. The van der Waals surface area contributed by atoms with Crippen molar-refractivity contribution >= 4 is 17.3 Å². The van der Waals surface area contributed by atoms with E-state index in [-0.39, 0.29) is 17.4 Å². The number of rotatable bonds is 7. The minimum Gasteiger partial charge on any atom is -0.550 e. The molecule has 0 radical (unpaired) electrons. The standard InChI is InChI=1S/C27H34O3S/c1-6-7-8-9-10-19-16-24-23(26(2,3)18-27(4,5)30-24)15-20(19)11-12-21-13-14-22(31-21)17-25(28)29/h13-16H,6-10,17-18H2,1-5H3,(H,28,29)/p-1. The van der Waals surface area contributed by atoms with Gasteiger partial charge in [0.05, 0.1) is 4.88 Å². The Hall–Kier alpha value is -2.25. The van der Waals surface area contributed by atoms with Gasteiger partial charge in [-0.3, -0.25) is 0 Å². The molecule has 0 saturated carbocycles. The zero-order valence-corrected chi connectivity index (χ0v) is 20.2. The van der Waals surface area contributed by atoms with Gasteiger partial charge in [-0.2, -0.15) is 0 Å². The van der Waals surface area contributed by atoms with Crippen molar-refractivity contribution in [1.29, 1.82) is 0 Å². The average Bonchev–Trinajstić information content (AvgIpc) is 3.08. The van der Waals surface area contributed by atoms with Crippen LogP contribution in [-0.4, -0.2) is 11.6 Å². The SMILES string of the molecule is CCCCCCc1cc2c(cc1C#Cc1ccc(CC(=O)[O-])s1)C(C)(C)CC(C)(C)O2. The molecule has 1 aromatic carbocycles. The topological polar surface area (TPSA) is 49.4 Å². The maximum atomic E-state index is 10.8. The first kappa shape index (κ1) is 23.4. The van der Waals surface area contributed by atoms with Crippen LogP contribution in [0.15, 0.2) is 24.3 Å². The van der Waals surface area contributed by atoms with E-state index < -0.39 is 5.97 Å². The Morgan fingerprint density at radius 1 is 1.13 bits per heavy atom. The molecule has 1 aromatic heterocycles. The van der Waals surface area contributed by atoms with Crippen LogP contribution in [0.1, 0.15) is 93.2 Å². The van der Waals surface area contributed by atoms with E-state index in [1.54, 1.807) is 0 Å². The molecule has 2 heterocycles. The number of fused-ring (bicyclic) bond motifs is 1. The van der Waals surface area contributed by atoms with Crippen molar-refractivity contribution in [3.8, 4) is 17.6 Å². The molecule has 0 spiro atoms. The summed E-state index contributed by atoms with van der Waals surface area (Å²) < 4.78 is 6.37. The Labute approximate surface area is 190 Å². The fourth-order valence-electron chi connectivity index (χ4n) is 4.61. The molecule has 0 N–H and O–H groups in total. The number of benzene rings is 1. The molecule has 4 heteroatoms. The molecule has 3 rings (SSSR count). The van der Waals surface area contributed by atoms with Crippen molar-refractivity contribution in [1.82, 2.24) is 0 Å². The normalized spacial score (nSPS) is 16.0. The van der Waals surface area contributed by atoms with E-state index in [0.717, 1.165) is 40.3 Å². The maximum absolute atomic E-state index is 10.8. The predicted octanol–water partition coefficient (Wildman–Crippen LogP) is 5.40. The van der Waals surface area contributed by atoms with Crippen molar-refractivity contribution in [2.24, 2.45) is 0 Å². The minimum atomic E-state index is -1.06. The summed E-state index contributed by atoms with van der Waals surface area (Å²) in [4.78, 5) is 12.5. The van der Waals surface area contributed by atoms with Crippen molar-refractivity contribution in [3.05, 3.63) is 50.7 Å². The molecule has 3 nitrogen and oxygen atoms in total. The number of ether oxygens (including phenoxy) is 1. The smallest absolute Gasteiger partial charge is 0.124 e. The first-order chi connectivity index (χ1) is 14.6. The lowest BCUT2D eigenvalue weighted by Crippen LogP contribution is -2.41. The molecule has 1 aliphatic rings. The van der Waals surface area contributed by atoms with Crippen LogP contribution in [0.4, 0.5) is 0 Å². The van der Waals surface area contributed by atoms with Gasteiger partial charge in [0, 0.05) is 28.4 Å². The van der Waals surface area contributed by atoms with Gasteiger partial charge in [-0.1, -0.05) is 51.9 Å². The molecule has 0 aliphatic carbocycles. The second kappa shape index (κ2) is 9.49. The van der Waals surface area contributed by atoms with Gasteiger partial charge in [0.25, 0.3) is 0 Å². The van der Waals surface area contributed by atoms with Gasteiger partial charge < -0.3 is 14.6 Å². The van der Waals surface area contributed by atoms with Crippen molar-refractivity contribution in [3.63, 3.8) is 0 Å². The summed E-state index contributed by atoms with van der Waals surface area (Å²) in [5, 5.41) is 10.8. The Balaban J connectivity index is 1.96. The third-order valence-electron chi connectivity index (χ3n) is 5.79. The predicted molar refractivity (Wildman–Crippen MR) is 126 cm³/mol. The van der Waals surface area contributed by atoms with Gasteiger partial charge in [-0.25, -0.2) is 0 Å². The largest absolute Gasteiger partial charge is 0.550 e. The maximum Gasteiger partial charge on any atom is 0.124 e. The highest BCUT2D eigenvalue weighted by Gasteiger charge is 2.39. The highest BCUT2D eigenvalue weighted by Crippen LogP contribution is 2.45. The summed E-state index contributed by atoms with van der Waals surface area (Å²) in [6.45, 7) is 11.1. The molecule has 0 unspecified atom stereocenters. The zero-order valence-electron chi connectivity index (χ0n) is 19.4. The third kappa shape index (κ3) is 6.14. The van der Waals surface area contributed by atoms with E-state index in [1.807, 2.05) is 12.1 Å². The quantitative estimate of drug-likeness (QED) is 0.430. The van der Waals surface area contributed by atoms with Crippen molar-refractivity contribution < 1.29 is 14.6 Å². The molecular formula is C27H33O3S-. The number of unbranched alkanes of at least 4 members (excludes halogenated alkanes) is 3. The van der Waals surface area contributed by atoms with E-state index in [4.69, 9.17) is 4.74 Å². The Bertz CT molecular complexity index is 1000. The van der Waals surface area contributed by atoms with Gasteiger partial charge >= 0.3 is 0 Å². The molecule has 0 bridgehead atoms. The van der Waals surface area contributed by atoms with Crippen LogP contribution in [0.5, 0.6) is 5.75 Å². The van der Waals surface area contributed by atoms with Crippen LogP contribution in [0.2, 0.25) is 0 Å². The molecule has 0 fully saturated rings. The minimum absolute atomic E-state index is 0.0127. The lowest BCUT2D eigenvalue weighted by molar-refractivity contribution is -0.304. The molecular weight excluding hydrogens is 404 g/mol. The summed E-state index contributed by atoms with van der Waals surface area (Å²) in [6.07, 6.45) is 6.71. The van der Waals surface area contributed by atoms with Crippen LogP contribution in [0.3, 0.4) is 0 Å². The van der Waals surface area contributed by atoms with Gasteiger partial charge in [-0.05, 0) is 68.4 Å². The number of carbonyl (C=O) groups is 1. The van der Waals surface area contributed by atoms with E-state index in [9.17, 15) is 9.90 Å². The number of hydrogen-bond acceptors (Lipinski definition) is 4. The number of aryl methyl sites for hydroxylation is 1. The summed E-state index contributed by atoms with van der Waals surface area (Å²) in [7, 11) is 0. The van der Waals surface area contributed by atoms with Crippen molar-refractivity contribution in [2.45, 2.75) is 90.6 Å². The fourth-order valence-corrected chi connectivity index (χ4v) is 5.45. The van der Waals surface area contributed by atoms with Gasteiger partial charge in [0.2, 0.25) is 0 Å². The van der Waals surface area contributed by atoms with Gasteiger partial charge in [0.1, 0.15) is 11.4 Å². The number of aliphatic carboxylic acids is 1. The van der Waals surface area contributed by atoms with Crippen LogP contribution in [0.25, 0.3) is 0 Å². The van der Waals surface area contributed by atoms with Crippen LogP contribution in [0, 0.1) is 11.8 Å². The highest BCUT2D eigenvalue weighted by atomic mass is 32.1. The molecule has 0 amide bonds. The van der Waals surface area contributed by atoms with Gasteiger partial charge in [-0.15, -0.1) is 11.3 Å². The second-order valence-corrected chi connectivity index (χ2v) is 11.0. The summed E-state index contributed by atoms with van der Waals surface area (Å²) in [6, 6.07) is 8.15. The molecule has 0 saturated heterocycles. The third-order valence-corrected chi connectivity index (χ3v) is 6.79. The number of hydrogen-bond donors (Lipinski definition) is 0. The van der Waals surface area contributed by atoms with E-state index >= 15 is 0 Å². The highest BCUT2D eigenvalue weighted by molar-refractivity contribution is 7.12. The molecule has 31 heavy (non-hydrogen) atoms.